The van der Waals surface area contributed by atoms with Crippen molar-refractivity contribution in [3.8, 4) is 0 Å². The zero-order valence-electron chi connectivity index (χ0n) is 13.1. The van der Waals surface area contributed by atoms with Gasteiger partial charge in [-0.25, -0.2) is 0 Å². The number of rotatable bonds is 13. The predicted molar refractivity (Wildman–Crippen MR) is 91.9 cm³/mol. The lowest BCUT2D eigenvalue weighted by molar-refractivity contribution is 0.615. The summed E-state index contributed by atoms with van der Waals surface area (Å²) in [6, 6.07) is 0. The summed E-state index contributed by atoms with van der Waals surface area (Å²) in [5, 5.41) is 0. The van der Waals surface area contributed by atoms with Crippen LogP contribution in [0.2, 0.25) is 0 Å². The van der Waals surface area contributed by atoms with Crippen LogP contribution in [0.3, 0.4) is 0 Å². The van der Waals surface area contributed by atoms with Gasteiger partial charge in [0.25, 0.3) is 0 Å². The summed E-state index contributed by atoms with van der Waals surface area (Å²) in [5.74, 6) is 2.69. The Balaban J connectivity index is 3.95. The minimum atomic E-state index is 0.484. The highest BCUT2D eigenvalue weighted by molar-refractivity contribution is 8.18. The second-order valence-corrected chi connectivity index (χ2v) is 8.80. The SMILES string of the molecule is CCCCCCC(C)(SCCCC)SCCCC. The van der Waals surface area contributed by atoms with E-state index in [9.17, 15) is 0 Å². The van der Waals surface area contributed by atoms with Crippen LogP contribution in [0.4, 0.5) is 0 Å². The molecule has 0 aliphatic heterocycles. The lowest BCUT2D eigenvalue weighted by atomic mass is 10.1. The van der Waals surface area contributed by atoms with E-state index in [4.69, 9.17) is 0 Å². The Kier molecular flexibility index (Phi) is 13.2. The summed E-state index contributed by atoms with van der Waals surface area (Å²) < 4.78 is 0.484. The van der Waals surface area contributed by atoms with Gasteiger partial charge in [-0.15, -0.1) is 23.5 Å². The molecule has 0 aromatic rings. The van der Waals surface area contributed by atoms with Crippen molar-refractivity contribution >= 4 is 23.5 Å². The zero-order valence-corrected chi connectivity index (χ0v) is 14.7. The summed E-state index contributed by atoms with van der Waals surface area (Å²) in [5.41, 5.74) is 0. The molecule has 2 heteroatoms. The molecule has 0 radical (unpaired) electrons. The van der Waals surface area contributed by atoms with Gasteiger partial charge in [-0.2, -0.15) is 0 Å². The van der Waals surface area contributed by atoms with E-state index in [0.717, 1.165) is 0 Å². The van der Waals surface area contributed by atoms with E-state index in [1.54, 1.807) is 0 Å². The van der Waals surface area contributed by atoms with Gasteiger partial charge in [0, 0.05) is 0 Å². The van der Waals surface area contributed by atoms with E-state index >= 15 is 0 Å². The van der Waals surface area contributed by atoms with Gasteiger partial charge >= 0.3 is 0 Å². The van der Waals surface area contributed by atoms with Crippen molar-refractivity contribution in [3.63, 3.8) is 0 Å². The number of hydrogen-bond acceptors (Lipinski definition) is 2. The highest BCUT2D eigenvalue weighted by atomic mass is 32.2. The van der Waals surface area contributed by atoms with Crippen molar-refractivity contribution in [1.82, 2.24) is 0 Å². The third kappa shape index (κ3) is 10.6. The molecular weight excluding hydrogens is 256 g/mol. The van der Waals surface area contributed by atoms with E-state index in [-0.39, 0.29) is 0 Å². The van der Waals surface area contributed by atoms with Gasteiger partial charge in [0.2, 0.25) is 0 Å². The zero-order chi connectivity index (χ0) is 13.7. The average Bonchev–Trinajstić information content (AvgIpc) is 2.36. The molecule has 0 nitrogen and oxygen atoms in total. The Morgan fingerprint density at radius 1 is 0.667 bits per heavy atom. The lowest BCUT2D eigenvalue weighted by Gasteiger charge is -2.29. The molecule has 0 aliphatic carbocycles. The summed E-state index contributed by atoms with van der Waals surface area (Å²) >= 11 is 4.44. The van der Waals surface area contributed by atoms with E-state index in [1.165, 1.54) is 69.3 Å². The van der Waals surface area contributed by atoms with Crippen LogP contribution in [-0.4, -0.2) is 15.6 Å². The maximum atomic E-state index is 2.49. The lowest BCUT2D eigenvalue weighted by Crippen LogP contribution is -2.17. The first-order valence-electron chi connectivity index (χ1n) is 7.96. The Morgan fingerprint density at radius 2 is 1.17 bits per heavy atom. The second-order valence-electron chi connectivity index (χ2n) is 5.35. The first-order valence-corrected chi connectivity index (χ1v) is 9.93. The minimum absolute atomic E-state index is 0.484. The fraction of sp³-hybridized carbons (Fsp3) is 1.00. The van der Waals surface area contributed by atoms with Crippen molar-refractivity contribution in [2.24, 2.45) is 0 Å². The van der Waals surface area contributed by atoms with Crippen LogP contribution in [0, 0.1) is 0 Å². The van der Waals surface area contributed by atoms with Crippen molar-refractivity contribution in [1.29, 1.82) is 0 Å². The third-order valence-electron chi connectivity index (χ3n) is 3.30. The first-order chi connectivity index (χ1) is 8.68. The maximum absolute atomic E-state index is 2.49. The summed E-state index contributed by atoms with van der Waals surface area (Å²) in [6.07, 6.45) is 12.4. The fourth-order valence-corrected chi connectivity index (χ4v) is 5.06. The van der Waals surface area contributed by atoms with Crippen molar-refractivity contribution < 1.29 is 0 Å². The smallest absolute Gasteiger partial charge is 0.0583 e. The first kappa shape index (κ1) is 18.7. The molecule has 0 amide bonds. The van der Waals surface area contributed by atoms with Gasteiger partial charge in [-0.3, -0.25) is 0 Å². The van der Waals surface area contributed by atoms with Crippen molar-refractivity contribution in [2.75, 3.05) is 11.5 Å². The van der Waals surface area contributed by atoms with E-state index in [1.807, 2.05) is 0 Å². The van der Waals surface area contributed by atoms with Crippen LogP contribution < -0.4 is 0 Å². The van der Waals surface area contributed by atoms with E-state index in [2.05, 4.69) is 51.2 Å². The monoisotopic (exact) mass is 290 g/mol. The average molecular weight is 291 g/mol. The van der Waals surface area contributed by atoms with Gasteiger partial charge in [-0.05, 0) is 37.7 Å². The fourth-order valence-electron chi connectivity index (χ4n) is 1.92. The molecule has 0 aromatic carbocycles. The minimum Gasteiger partial charge on any atom is -0.145 e. The number of unbranched alkanes of at least 4 members (excludes halogenated alkanes) is 5. The molecule has 0 N–H and O–H groups in total. The molecule has 0 unspecified atom stereocenters. The molecule has 18 heavy (non-hydrogen) atoms. The van der Waals surface area contributed by atoms with Gasteiger partial charge in [0.1, 0.15) is 0 Å². The Bertz CT molecular complexity index is 158. The van der Waals surface area contributed by atoms with E-state index < -0.39 is 0 Å². The number of hydrogen-bond donors (Lipinski definition) is 0. The predicted octanol–water partition coefficient (Wildman–Crippen LogP) is 6.74. The molecular formula is C16H34S2. The second kappa shape index (κ2) is 12.7. The van der Waals surface area contributed by atoms with Crippen LogP contribution in [0.25, 0.3) is 0 Å². The molecule has 0 heterocycles. The Labute approximate surface area is 124 Å². The highest BCUT2D eigenvalue weighted by Gasteiger charge is 2.24. The van der Waals surface area contributed by atoms with Crippen LogP contribution in [0.1, 0.15) is 85.5 Å². The van der Waals surface area contributed by atoms with Crippen LogP contribution in [-0.2, 0) is 0 Å². The van der Waals surface area contributed by atoms with Gasteiger partial charge in [0.05, 0.1) is 4.08 Å². The van der Waals surface area contributed by atoms with Crippen LogP contribution in [0.15, 0.2) is 0 Å². The summed E-state index contributed by atoms with van der Waals surface area (Å²) in [7, 11) is 0. The van der Waals surface area contributed by atoms with E-state index in [0.29, 0.717) is 4.08 Å². The largest absolute Gasteiger partial charge is 0.145 e. The molecule has 0 aliphatic rings. The van der Waals surface area contributed by atoms with Crippen LogP contribution in [0.5, 0.6) is 0 Å². The normalized spacial score (nSPS) is 12.0. The standard InChI is InChI=1S/C16H34S2/c1-5-8-11-12-13-16(4,17-14-9-6-2)18-15-10-7-3/h5-15H2,1-4H3. The molecule has 110 valence electrons. The third-order valence-corrected chi connectivity index (χ3v) is 6.62. The quantitative estimate of drug-likeness (QED) is 0.272. The van der Waals surface area contributed by atoms with Gasteiger partial charge in [-0.1, -0.05) is 59.3 Å². The number of thioether (sulfide) groups is 2. The topological polar surface area (TPSA) is 0 Å². The van der Waals surface area contributed by atoms with Crippen molar-refractivity contribution in [3.05, 3.63) is 0 Å². The molecule has 0 spiro atoms. The molecule has 0 atom stereocenters. The molecule has 0 fully saturated rings. The summed E-state index contributed by atoms with van der Waals surface area (Å²) in [4.78, 5) is 0. The van der Waals surface area contributed by atoms with Gasteiger partial charge in [0.15, 0.2) is 0 Å². The Morgan fingerprint density at radius 3 is 1.61 bits per heavy atom. The molecule has 0 aromatic heterocycles. The Hall–Kier alpha value is 0.700. The molecule has 0 bridgehead atoms. The summed E-state index contributed by atoms with van der Waals surface area (Å²) in [6.45, 7) is 9.37. The maximum Gasteiger partial charge on any atom is 0.0583 e. The van der Waals surface area contributed by atoms with Crippen LogP contribution >= 0.6 is 23.5 Å². The molecule has 0 saturated carbocycles. The highest BCUT2D eigenvalue weighted by Crippen LogP contribution is 2.42. The molecule has 0 saturated heterocycles. The molecule has 0 rings (SSSR count). The van der Waals surface area contributed by atoms with Gasteiger partial charge < -0.3 is 0 Å². The van der Waals surface area contributed by atoms with Crippen molar-refractivity contribution in [2.45, 2.75) is 89.6 Å².